The lowest BCUT2D eigenvalue weighted by Crippen LogP contribution is -2.24. The van der Waals surface area contributed by atoms with Crippen molar-refractivity contribution in [2.75, 3.05) is 20.7 Å². The third-order valence-electron chi connectivity index (χ3n) is 5.31. The molecule has 2 aromatic heterocycles. The molecule has 0 atom stereocenters. The fourth-order valence-electron chi connectivity index (χ4n) is 3.79. The molecule has 0 bridgehead atoms. The molecule has 0 fully saturated rings. The average Bonchev–Trinajstić information content (AvgIpc) is 2.82. The van der Waals surface area contributed by atoms with E-state index in [9.17, 15) is 4.79 Å². The number of para-hydroxylation sites is 1. The highest BCUT2D eigenvalue weighted by Crippen LogP contribution is 2.34. The summed E-state index contributed by atoms with van der Waals surface area (Å²) in [5.41, 5.74) is 4.98. The maximum absolute atomic E-state index is 12.9. The molecular weight excluding hydrogens is 386 g/mol. The van der Waals surface area contributed by atoms with Gasteiger partial charge in [0.25, 0.3) is 0 Å². The molecule has 31 heavy (non-hydrogen) atoms. The molecule has 0 unspecified atom stereocenters. The molecule has 156 valence electrons. The van der Waals surface area contributed by atoms with E-state index in [0.717, 1.165) is 40.7 Å². The van der Waals surface area contributed by atoms with Crippen molar-refractivity contribution in [2.45, 2.75) is 13.0 Å². The first-order valence-corrected chi connectivity index (χ1v) is 10.3. The number of carbonyl (C=O) groups excluding carboxylic acids is 1. The lowest BCUT2D eigenvalue weighted by atomic mass is 9.94. The van der Waals surface area contributed by atoms with Crippen LogP contribution in [0.3, 0.4) is 0 Å². The number of carbonyl (C=O) groups is 1. The van der Waals surface area contributed by atoms with E-state index in [-0.39, 0.29) is 5.97 Å². The zero-order chi connectivity index (χ0) is 21.6. The molecule has 2 aromatic carbocycles. The summed E-state index contributed by atoms with van der Waals surface area (Å²) < 4.78 is 5.19. The van der Waals surface area contributed by atoms with Crippen LogP contribution in [0.25, 0.3) is 22.0 Å². The van der Waals surface area contributed by atoms with E-state index in [0.29, 0.717) is 17.8 Å². The van der Waals surface area contributed by atoms with E-state index < -0.39 is 0 Å². The van der Waals surface area contributed by atoms with Gasteiger partial charge in [0, 0.05) is 42.4 Å². The predicted molar refractivity (Wildman–Crippen MR) is 123 cm³/mol. The van der Waals surface area contributed by atoms with E-state index in [1.54, 1.807) is 0 Å². The lowest BCUT2D eigenvalue weighted by Gasteiger charge is -2.20. The SMILES string of the molecule is COC(=O)c1c(CN(C)CCc2ccccn2)nc2ccccc2c1-c1ccccc1. The van der Waals surface area contributed by atoms with Crippen LogP contribution in [-0.2, 0) is 17.7 Å². The van der Waals surface area contributed by atoms with Crippen molar-refractivity contribution >= 4 is 16.9 Å². The molecule has 0 radical (unpaired) electrons. The van der Waals surface area contributed by atoms with Crippen LogP contribution >= 0.6 is 0 Å². The molecule has 0 spiro atoms. The highest BCUT2D eigenvalue weighted by Gasteiger charge is 2.23. The number of nitrogens with zero attached hydrogens (tertiary/aromatic N) is 3. The summed E-state index contributed by atoms with van der Waals surface area (Å²) in [5.74, 6) is -0.370. The zero-order valence-corrected chi connectivity index (χ0v) is 17.8. The van der Waals surface area contributed by atoms with Crippen molar-refractivity contribution < 1.29 is 9.53 Å². The summed E-state index contributed by atoms with van der Waals surface area (Å²) in [5, 5.41) is 0.939. The van der Waals surface area contributed by atoms with Crippen molar-refractivity contribution in [3.63, 3.8) is 0 Å². The highest BCUT2D eigenvalue weighted by molar-refractivity contribution is 6.07. The summed E-state index contributed by atoms with van der Waals surface area (Å²) in [7, 11) is 3.45. The number of benzene rings is 2. The number of ether oxygens (including phenoxy) is 1. The van der Waals surface area contributed by atoms with Crippen molar-refractivity contribution in [3.8, 4) is 11.1 Å². The van der Waals surface area contributed by atoms with Gasteiger partial charge < -0.3 is 9.64 Å². The number of rotatable bonds is 7. The van der Waals surface area contributed by atoms with E-state index in [1.807, 2.05) is 86.0 Å². The van der Waals surface area contributed by atoms with Gasteiger partial charge in [0.2, 0.25) is 0 Å². The predicted octanol–water partition coefficient (Wildman–Crippen LogP) is 4.76. The van der Waals surface area contributed by atoms with Gasteiger partial charge in [-0.05, 0) is 30.8 Å². The van der Waals surface area contributed by atoms with Crippen LogP contribution in [0, 0.1) is 0 Å². The van der Waals surface area contributed by atoms with Crippen LogP contribution in [0.1, 0.15) is 21.7 Å². The van der Waals surface area contributed by atoms with Gasteiger partial charge >= 0.3 is 5.97 Å². The van der Waals surface area contributed by atoms with Crippen LogP contribution in [0.4, 0.5) is 0 Å². The number of esters is 1. The topological polar surface area (TPSA) is 55.3 Å². The molecule has 0 saturated carbocycles. The summed E-state index contributed by atoms with van der Waals surface area (Å²) in [6, 6.07) is 23.8. The fourth-order valence-corrected chi connectivity index (χ4v) is 3.79. The van der Waals surface area contributed by atoms with Crippen molar-refractivity contribution in [1.82, 2.24) is 14.9 Å². The Morgan fingerprint density at radius 3 is 2.45 bits per heavy atom. The van der Waals surface area contributed by atoms with Crippen LogP contribution < -0.4 is 0 Å². The van der Waals surface area contributed by atoms with Crippen molar-refractivity contribution in [2.24, 2.45) is 0 Å². The minimum absolute atomic E-state index is 0.370. The van der Waals surface area contributed by atoms with Crippen LogP contribution in [0.5, 0.6) is 0 Å². The Hall–Kier alpha value is -3.57. The quantitative estimate of drug-likeness (QED) is 0.411. The van der Waals surface area contributed by atoms with E-state index >= 15 is 0 Å². The second-order valence-corrected chi connectivity index (χ2v) is 7.49. The number of pyridine rings is 2. The minimum Gasteiger partial charge on any atom is -0.465 e. The Morgan fingerprint density at radius 2 is 1.71 bits per heavy atom. The van der Waals surface area contributed by atoms with Gasteiger partial charge in [-0.3, -0.25) is 9.97 Å². The molecule has 0 saturated heterocycles. The summed E-state index contributed by atoms with van der Waals surface area (Å²) in [6.45, 7) is 1.33. The highest BCUT2D eigenvalue weighted by atomic mass is 16.5. The Bertz CT molecular complexity index is 1180. The molecule has 0 aliphatic heterocycles. The smallest absolute Gasteiger partial charge is 0.340 e. The second-order valence-electron chi connectivity index (χ2n) is 7.49. The van der Waals surface area contributed by atoms with Gasteiger partial charge in [0.05, 0.1) is 23.9 Å². The first-order chi connectivity index (χ1) is 15.2. The van der Waals surface area contributed by atoms with Crippen molar-refractivity contribution in [1.29, 1.82) is 0 Å². The number of hydrogen-bond donors (Lipinski definition) is 0. The Kier molecular flexibility index (Phi) is 6.34. The van der Waals surface area contributed by atoms with Crippen LogP contribution in [0.2, 0.25) is 0 Å². The second kappa shape index (κ2) is 9.49. The lowest BCUT2D eigenvalue weighted by molar-refractivity contribution is 0.0599. The Labute approximate surface area is 182 Å². The summed E-state index contributed by atoms with van der Waals surface area (Å²) in [6.07, 6.45) is 2.63. The number of methoxy groups -OCH3 is 1. The molecule has 0 aliphatic rings. The first-order valence-electron chi connectivity index (χ1n) is 10.3. The van der Waals surface area contributed by atoms with Gasteiger partial charge in [-0.1, -0.05) is 54.6 Å². The monoisotopic (exact) mass is 411 g/mol. The third kappa shape index (κ3) is 4.62. The van der Waals surface area contributed by atoms with Crippen LogP contribution in [-0.4, -0.2) is 41.5 Å². The first kappa shape index (κ1) is 20.7. The van der Waals surface area contributed by atoms with Gasteiger partial charge in [-0.2, -0.15) is 0 Å². The number of aromatic nitrogens is 2. The zero-order valence-electron chi connectivity index (χ0n) is 17.8. The Morgan fingerprint density at radius 1 is 0.968 bits per heavy atom. The van der Waals surface area contributed by atoms with E-state index in [1.165, 1.54) is 7.11 Å². The number of fused-ring (bicyclic) bond motifs is 1. The Balaban J connectivity index is 1.76. The van der Waals surface area contributed by atoms with Gasteiger partial charge in [0.15, 0.2) is 0 Å². The molecule has 4 aromatic rings. The molecule has 0 N–H and O–H groups in total. The number of likely N-dealkylation sites (N-methyl/N-ethyl adjacent to an activating group) is 1. The average molecular weight is 412 g/mol. The molecular formula is C26H25N3O2. The normalized spacial score (nSPS) is 11.1. The number of hydrogen-bond acceptors (Lipinski definition) is 5. The molecule has 0 amide bonds. The van der Waals surface area contributed by atoms with Gasteiger partial charge in [-0.25, -0.2) is 4.79 Å². The van der Waals surface area contributed by atoms with Crippen molar-refractivity contribution in [3.05, 3.63) is 95.9 Å². The van der Waals surface area contributed by atoms with E-state index in [4.69, 9.17) is 9.72 Å². The standard InChI is InChI=1S/C26H25N3O2/c1-29(17-15-20-12-8-9-16-27-20)18-23-25(26(30)31-2)24(19-10-4-3-5-11-19)21-13-6-7-14-22(21)28-23/h3-14,16H,15,17-18H2,1-2H3. The third-order valence-corrected chi connectivity index (χ3v) is 5.31. The van der Waals surface area contributed by atoms with Crippen LogP contribution in [0.15, 0.2) is 79.0 Å². The molecule has 2 heterocycles. The molecule has 0 aliphatic carbocycles. The van der Waals surface area contributed by atoms with E-state index in [2.05, 4.69) is 9.88 Å². The molecule has 5 heteroatoms. The fraction of sp³-hybridized carbons (Fsp3) is 0.192. The largest absolute Gasteiger partial charge is 0.465 e. The van der Waals surface area contributed by atoms with Gasteiger partial charge in [-0.15, -0.1) is 0 Å². The minimum atomic E-state index is -0.370. The maximum Gasteiger partial charge on any atom is 0.340 e. The molecule has 4 rings (SSSR count). The van der Waals surface area contributed by atoms with Gasteiger partial charge in [0.1, 0.15) is 0 Å². The maximum atomic E-state index is 12.9. The summed E-state index contributed by atoms with van der Waals surface area (Å²) >= 11 is 0. The summed E-state index contributed by atoms with van der Waals surface area (Å²) in [4.78, 5) is 24.4. The molecule has 5 nitrogen and oxygen atoms in total.